The fourth-order valence-electron chi connectivity index (χ4n) is 2.40. The molecule has 2 aliphatic rings. The standard InChI is InChI=1S/C13H25NO3Si/c1-12(2,3)18(4,5)17-10-8-9(11(15)16)14-13(10)6-7-13/h9-10,14H,6-8H2,1-5H3,(H,15,16)/t9?,10-/m0/s1. The van der Waals surface area contributed by atoms with Gasteiger partial charge < -0.3 is 9.53 Å². The van der Waals surface area contributed by atoms with Crippen LogP contribution in [0, 0.1) is 0 Å². The predicted molar refractivity (Wildman–Crippen MR) is 73.2 cm³/mol. The molecule has 1 unspecified atom stereocenters. The van der Waals surface area contributed by atoms with Gasteiger partial charge in [-0.15, -0.1) is 0 Å². The van der Waals surface area contributed by atoms with Gasteiger partial charge in [-0.05, 0) is 31.0 Å². The summed E-state index contributed by atoms with van der Waals surface area (Å²) in [6, 6.07) is -0.428. The molecule has 0 aromatic rings. The van der Waals surface area contributed by atoms with Crippen LogP contribution >= 0.6 is 0 Å². The molecule has 0 aromatic carbocycles. The molecular formula is C13H25NO3Si. The van der Waals surface area contributed by atoms with E-state index in [0.717, 1.165) is 12.8 Å². The van der Waals surface area contributed by atoms with Gasteiger partial charge in [-0.25, -0.2) is 0 Å². The zero-order valence-electron chi connectivity index (χ0n) is 12.0. The summed E-state index contributed by atoms with van der Waals surface area (Å²) in [5, 5.41) is 12.6. The topological polar surface area (TPSA) is 58.6 Å². The van der Waals surface area contributed by atoms with Crippen molar-refractivity contribution < 1.29 is 14.3 Å². The first-order chi connectivity index (χ1) is 8.07. The van der Waals surface area contributed by atoms with Gasteiger partial charge in [0, 0.05) is 12.0 Å². The molecule has 0 aromatic heterocycles. The Hall–Kier alpha value is -0.393. The minimum absolute atomic E-state index is 0.0292. The van der Waals surface area contributed by atoms with Crippen molar-refractivity contribution in [3.8, 4) is 0 Å². The van der Waals surface area contributed by atoms with Crippen molar-refractivity contribution >= 4 is 14.3 Å². The van der Waals surface area contributed by atoms with Gasteiger partial charge in [0.15, 0.2) is 8.32 Å². The second-order valence-corrected chi connectivity index (χ2v) is 12.1. The summed E-state index contributed by atoms with van der Waals surface area (Å²) < 4.78 is 6.43. The lowest BCUT2D eigenvalue weighted by Gasteiger charge is -2.39. The van der Waals surface area contributed by atoms with Crippen LogP contribution in [0.1, 0.15) is 40.0 Å². The van der Waals surface area contributed by atoms with E-state index in [4.69, 9.17) is 9.53 Å². The summed E-state index contributed by atoms with van der Waals surface area (Å²) in [5.41, 5.74) is -0.0292. The van der Waals surface area contributed by atoms with Crippen molar-refractivity contribution in [2.75, 3.05) is 0 Å². The molecule has 5 heteroatoms. The fourth-order valence-corrected chi connectivity index (χ4v) is 3.78. The number of carboxylic acid groups (broad SMARTS) is 1. The minimum atomic E-state index is -1.82. The van der Waals surface area contributed by atoms with Gasteiger partial charge in [-0.2, -0.15) is 0 Å². The van der Waals surface area contributed by atoms with E-state index in [1.807, 2.05) is 0 Å². The lowest BCUT2D eigenvalue weighted by atomic mass is 10.1. The molecule has 104 valence electrons. The minimum Gasteiger partial charge on any atom is -0.480 e. The number of rotatable bonds is 3. The maximum atomic E-state index is 11.1. The number of nitrogens with one attached hydrogen (secondary N) is 1. The monoisotopic (exact) mass is 271 g/mol. The van der Waals surface area contributed by atoms with E-state index < -0.39 is 20.3 Å². The smallest absolute Gasteiger partial charge is 0.320 e. The number of hydrogen-bond donors (Lipinski definition) is 2. The number of aliphatic carboxylic acids is 1. The van der Waals surface area contributed by atoms with Gasteiger partial charge in [0.05, 0.1) is 6.10 Å². The normalized spacial score (nSPS) is 30.7. The van der Waals surface area contributed by atoms with Crippen molar-refractivity contribution in [1.29, 1.82) is 0 Å². The van der Waals surface area contributed by atoms with E-state index in [-0.39, 0.29) is 16.7 Å². The lowest BCUT2D eigenvalue weighted by Crippen LogP contribution is -2.48. The third kappa shape index (κ3) is 2.35. The van der Waals surface area contributed by atoms with E-state index in [1.165, 1.54) is 0 Å². The molecule has 1 spiro atoms. The van der Waals surface area contributed by atoms with Gasteiger partial charge in [0.25, 0.3) is 0 Å². The Kier molecular flexibility index (Phi) is 3.15. The molecule has 1 saturated heterocycles. The lowest BCUT2D eigenvalue weighted by molar-refractivity contribution is -0.139. The molecule has 2 fully saturated rings. The maximum Gasteiger partial charge on any atom is 0.320 e. The Balaban J connectivity index is 2.08. The van der Waals surface area contributed by atoms with Crippen molar-refractivity contribution in [3.05, 3.63) is 0 Å². The predicted octanol–water partition coefficient (Wildman–Crippen LogP) is 2.36. The number of hydrogen-bond acceptors (Lipinski definition) is 3. The zero-order valence-corrected chi connectivity index (χ0v) is 13.0. The summed E-state index contributed by atoms with van der Waals surface area (Å²) >= 11 is 0. The largest absolute Gasteiger partial charge is 0.480 e. The Bertz CT molecular complexity index is 358. The summed E-state index contributed by atoms with van der Waals surface area (Å²) in [4.78, 5) is 11.1. The molecule has 4 nitrogen and oxygen atoms in total. The van der Waals surface area contributed by atoms with Crippen LogP contribution in [0.15, 0.2) is 0 Å². The van der Waals surface area contributed by atoms with Crippen LogP contribution in [0.5, 0.6) is 0 Å². The first kappa shape index (κ1) is 14.0. The molecule has 2 rings (SSSR count). The third-order valence-corrected chi connectivity index (χ3v) is 9.34. The maximum absolute atomic E-state index is 11.1. The van der Waals surface area contributed by atoms with E-state index >= 15 is 0 Å². The molecule has 2 N–H and O–H groups in total. The van der Waals surface area contributed by atoms with Gasteiger partial charge >= 0.3 is 5.97 Å². The van der Waals surface area contributed by atoms with Crippen LogP contribution < -0.4 is 5.32 Å². The molecule has 18 heavy (non-hydrogen) atoms. The second-order valence-electron chi connectivity index (χ2n) is 7.29. The zero-order chi connectivity index (χ0) is 13.8. The summed E-state index contributed by atoms with van der Waals surface area (Å²) in [5.74, 6) is -0.748. The average molecular weight is 271 g/mol. The Labute approximate surface area is 110 Å². The molecule has 1 aliphatic heterocycles. The number of carboxylic acids is 1. The first-order valence-corrected chi connectivity index (χ1v) is 9.67. The van der Waals surface area contributed by atoms with Gasteiger partial charge in [0.1, 0.15) is 6.04 Å². The quantitative estimate of drug-likeness (QED) is 0.774. The van der Waals surface area contributed by atoms with E-state index in [0.29, 0.717) is 6.42 Å². The van der Waals surface area contributed by atoms with E-state index in [2.05, 4.69) is 39.2 Å². The Morgan fingerprint density at radius 3 is 2.33 bits per heavy atom. The molecule has 1 aliphatic carbocycles. The molecule has 0 amide bonds. The molecule has 0 bridgehead atoms. The molecule has 1 heterocycles. The summed E-state index contributed by atoms with van der Waals surface area (Å²) in [6.45, 7) is 11.1. The van der Waals surface area contributed by atoms with E-state index in [9.17, 15) is 4.79 Å². The van der Waals surface area contributed by atoms with E-state index in [1.54, 1.807) is 0 Å². The molecule has 2 atom stereocenters. The first-order valence-electron chi connectivity index (χ1n) is 6.76. The van der Waals surface area contributed by atoms with Crippen molar-refractivity contribution in [2.24, 2.45) is 0 Å². The van der Waals surface area contributed by atoms with Crippen LogP contribution in [0.3, 0.4) is 0 Å². The van der Waals surface area contributed by atoms with Crippen molar-refractivity contribution in [2.45, 2.75) is 75.9 Å². The summed E-state index contributed by atoms with van der Waals surface area (Å²) in [6.07, 6.45) is 2.80. The highest BCUT2D eigenvalue weighted by atomic mass is 28.4. The van der Waals surface area contributed by atoms with Crippen molar-refractivity contribution in [1.82, 2.24) is 5.32 Å². The number of carbonyl (C=O) groups is 1. The van der Waals surface area contributed by atoms with Crippen molar-refractivity contribution in [3.63, 3.8) is 0 Å². The van der Waals surface area contributed by atoms with Gasteiger partial charge in [-0.1, -0.05) is 20.8 Å². The van der Waals surface area contributed by atoms with Crippen LogP contribution in [0.25, 0.3) is 0 Å². The highest BCUT2D eigenvalue weighted by Gasteiger charge is 2.59. The second kappa shape index (κ2) is 4.05. The third-order valence-electron chi connectivity index (χ3n) is 4.86. The van der Waals surface area contributed by atoms with Gasteiger partial charge in [0.2, 0.25) is 0 Å². The summed E-state index contributed by atoms with van der Waals surface area (Å²) in [7, 11) is -1.82. The fraction of sp³-hybridized carbons (Fsp3) is 0.923. The van der Waals surface area contributed by atoms with Crippen LogP contribution in [0.2, 0.25) is 18.1 Å². The Morgan fingerprint density at radius 1 is 1.39 bits per heavy atom. The highest BCUT2D eigenvalue weighted by molar-refractivity contribution is 6.74. The molecule has 1 saturated carbocycles. The SMILES string of the molecule is CC(C)(C)[Si](C)(C)O[C@H]1CC(C(=O)O)NC12CC2. The molecule has 0 radical (unpaired) electrons. The Morgan fingerprint density at radius 2 is 1.94 bits per heavy atom. The van der Waals surface area contributed by atoms with Gasteiger partial charge in [-0.3, -0.25) is 10.1 Å². The average Bonchev–Trinajstić information content (AvgIpc) is 2.85. The van der Waals surface area contributed by atoms with Crippen LogP contribution in [0.4, 0.5) is 0 Å². The highest BCUT2D eigenvalue weighted by Crippen LogP contribution is 2.49. The molecular weight excluding hydrogens is 246 g/mol. The van der Waals surface area contributed by atoms with Crippen LogP contribution in [-0.2, 0) is 9.22 Å². The van der Waals surface area contributed by atoms with Crippen LogP contribution in [-0.4, -0.2) is 37.1 Å².